The van der Waals surface area contributed by atoms with Crippen molar-refractivity contribution in [3.05, 3.63) is 128 Å². The summed E-state index contributed by atoms with van der Waals surface area (Å²) in [5, 5.41) is 12.5. The van der Waals surface area contributed by atoms with Gasteiger partial charge in [0.1, 0.15) is 35.0 Å². The Kier molecular flexibility index (Phi) is 16.2. The Hall–Kier alpha value is -5.11. The van der Waals surface area contributed by atoms with E-state index in [1.54, 1.807) is 18.9 Å². The fourth-order valence-electron chi connectivity index (χ4n) is 8.45. The maximum atomic E-state index is 15.2. The molecule has 0 aliphatic carbocycles. The van der Waals surface area contributed by atoms with Crippen LogP contribution in [0.2, 0.25) is 0 Å². The number of hydrogen-bond donors (Lipinski definition) is 2. The van der Waals surface area contributed by atoms with Crippen molar-refractivity contribution in [2.24, 2.45) is 0 Å². The number of carbonyl (C=O) groups excluding carboxylic acids is 1. The molecular formula is C46H59N6O10P. The summed E-state index contributed by atoms with van der Waals surface area (Å²) in [5.41, 5.74) is -0.869. The number of morpholine rings is 1. The fourth-order valence-corrected chi connectivity index (χ4v) is 11.3. The number of amides is 1. The zero-order chi connectivity index (χ0) is 45.1. The number of nitrogens with one attached hydrogen (secondary N) is 2. The van der Waals surface area contributed by atoms with Gasteiger partial charge in [-0.25, -0.2) is 9.46 Å². The summed E-state index contributed by atoms with van der Waals surface area (Å²) in [4.78, 5) is 44.6. The molecule has 2 fully saturated rings. The Morgan fingerprint density at radius 2 is 1.52 bits per heavy atom. The Bertz CT molecular complexity index is 2270. The number of H-pyrrole nitrogens is 1. The third-order valence-electron chi connectivity index (χ3n) is 11.4. The number of nitrogens with zero attached hydrogens (tertiary/aromatic N) is 4. The molecule has 1 unspecified atom stereocenters. The van der Waals surface area contributed by atoms with Crippen molar-refractivity contribution in [1.82, 2.24) is 24.4 Å². The van der Waals surface area contributed by atoms with Crippen LogP contribution in [0.1, 0.15) is 73.8 Å². The average Bonchev–Trinajstić information content (AvgIpc) is 3.67. The summed E-state index contributed by atoms with van der Waals surface area (Å²) < 4.78 is 55.3. The van der Waals surface area contributed by atoms with Crippen LogP contribution in [-0.2, 0) is 28.9 Å². The number of rotatable bonds is 20. The molecule has 17 heteroatoms. The van der Waals surface area contributed by atoms with Crippen molar-refractivity contribution in [2.45, 2.75) is 76.7 Å². The zero-order valence-electron chi connectivity index (χ0n) is 36.9. The van der Waals surface area contributed by atoms with Gasteiger partial charge in [0.2, 0.25) is 0 Å². The molecule has 6 rings (SSSR count). The Morgan fingerprint density at radius 1 is 0.937 bits per heavy atom. The molecule has 16 nitrogen and oxygen atoms in total. The lowest BCUT2D eigenvalue weighted by Crippen LogP contribution is -2.43. The molecule has 4 atom stereocenters. The molecule has 2 aliphatic rings. The Morgan fingerprint density at radius 3 is 2.08 bits per heavy atom. The van der Waals surface area contributed by atoms with Crippen LogP contribution >= 0.6 is 7.52 Å². The van der Waals surface area contributed by atoms with Gasteiger partial charge in [-0.1, -0.05) is 54.6 Å². The van der Waals surface area contributed by atoms with E-state index >= 15 is 4.57 Å². The molecule has 3 aromatic carbocycles. The van der Waals surface area contributed by atoms with Crippen LogP contribution in [0.25, 0.3) is 0 Å². The van der Waals surface area contributed by atoms with Gasteiger partial charge in [0, 0.05) is 57.3 Å². The molecule has 0 bridgehead atoms. The topological polar surface area (TPSA) is 187 Å². The van der Waals surface area contributed by atoms with Crippen molar-refractivity contribution in [2.75, 3.05) is 66.4 Å². The fraction of sp³-hybridized carbons (Fsp3) is 0.478. The highest BCUT2D eigenvalue weighted by atomic mass is 31.2. The van der Waals surface area contributed by atoms with E-state index < -0.39 is 48.7 Å². The number of nitriles is 1. The van der Waals surface area contributed by atoms with Crippen LogP contribution in [0.5, 0.6) is 11.5 Å². The standard InChI is InChI=1S/C46H59N6O10P/c1-32(2)52(33(3)4)63(56,28-10-21-47)62-40-29-42(51-30-39(44(54)49-45(51)55)43(53)48-22-23-50-24-26-59-27-25-50)61-41(40)31-60-46(34-11-8-7-9-12-34,35-13-17-37(57-5)18-14-35)36-15-19-38(58-6)20-16-36/h7-9,11-20,30,32-33,40-42H,10,22-29,31H2,1-6H3,(H,48,53)(H,49,54,55)/t40-,41+,42+,63?/m0/s1. The molecule has 3 heterocycles. The number of benzene rings is 3. The molecular weight excluding hydrogens is 828 g/mol. The number of hydrogen-bond acceptors (Lipinski definition) is 12. The molecule has 4 aromatic rings. The van der Waals surface area contributed by atoms with Gasteiger partial charge in [-0.2, -0.15) is 5.26 Å². The van der Waals surface area contributed by atoms with E-state index in [4.69, 9.17) is 28.2 Å². The van der Waals surface area contributed by atoms with Crippen molar-refractivity contribution in [3.8, 4) is 17.6 Å². The first-order valence-corrected chi connectivity index (χ1v) is 23.1. The predicted molar refractivity (Wildman–Crippen MR) is 237 cm³/mol. The van der Waals surface area contributed by atoms with Crippen LogP contribution in [-0.4, -0.2) is 116 Å². The van der Waals surface area contributed by atoms with Gasteiger partial charge >= 0.3 is 5.69 Å². The normalized spacial score (nSPS) is 19.2. The van der Waals surface area contributed by atoms with Crippen molar-refractivity contribution < 1.29 is 37.6 Å². The lowest BCUT2D eigenvalue weighted by Gasteiger charge is -2.39. The third kappa shape index (κ3) is 11.0. The van der Waals surface area contributed by atoms with E-state index in [-0.39, 0.29) is 49.8 Å². The maximum absolute atomic E-state index is 15.2. The number of ether oxygens (including phenoxy) is 5. The summed E-state index contributed by atoms with van der Waals surface area (Å²) in [6, 6.07) is 26.5. The molecule has 1 amide bonds. The van der Waals surface area contributed by atoms with E-state index in [0.29, 0.717) is 31.3 Å². The first-order valence-electron chi connectivity index (χ1n) is 21.3. The summed E-state index contributed by atoms with van der Waals surface area (Å²) in [7, 11) is -0.572. The van der Waals surface area contributed by atoms with Crippen LogP contribution < -0.4 is 26.0 Å². The van der Waals surface area contributed by atoms with E-state index in [1.807, 2.05) is 107 Å². The van der Waals surface area contributed by atoms with E-state index in [9.17, 15) is 19.6 Å². The van der Waals surface area contributed by atoms with Gasteiger partial charge < -0.3 is 33.5 Å². The van der Waals surface area contributed by atoms with Gasteiger partial charge in [-0.05, 0) is 68.7 Å². The number of aromatic amines is 1. The molecule has 0 saturated carbocycles. The SMILES string of the molecule is COc1ccc(C(OC[C@H]2O[C@@H](n3cc(C(=O)NCCN4CCOCC4)c(=O)[nH]c3=O)C[C@@H]2OP(=O)(CCC#N)N(C(C)C)C(C)C)(c2ccccc2)c2ccc(OC)cc2)cc1. The van der Waals surface area contributed by atoms with Gasteiger partial charge in [-0.15, -0.1) is 0 Å². The maximum Gasteiger partial charge on any atom is 0.330 e. The summed E-state index contributed by atoms with van der Waals surface area (Å²) in [5.74, 6) is 0.645. The minimum atomic E-state index is -3.76. The van der Waals surface area contributed by atoms with Crippen LogP contribution in [0, 0.1) is 11.3 Å². The molecule has 0 radical (unpaired) electrons. The highest BCUT2D eigenvalue weighted by Gasteiger charge is 2.47. The monoisotopic (exact) mass is 886 g/mol. The highest BCUT2D eigenvalue weighted by molar-refractivity contribution is 7.56. The minimum absolute atomic E-state index is 0.0119. The molecule has 2 saturated heterocycles. The highest BCUT2D eigenvalue weighted by Crippen LogP contribution is 2.57. The molecule has 2 aliphatic heterocycles. The average molecular weight is 887 g/mol. The van der Waals surface area contributed by atoms with Crippen molar-refractivity contribution in [1.29, 1.82) is 5.26 Å². The van der Waals surface area contributed by atoms with Crippen LogP contribution in [0.3, 0.4) is 0 Å². The Labute approximate surface area is 368 Å². The molecule has 338 valence electrons. The van der Waals surface area contributed by atoms with Gasteiger partial charge in [0.05, 0.1) is 52.4 Å². The summed E-state index contributed by atoms with van der Waals surface area (Å²) in [6.45, 7) is 11.0. The van der Waals surface area contributed by atoms with E-state index in [1.165, 1.54) is 6.20 Å². The van der Waals surface area contributed by atoms with Gasteiger partial charge in [-0.3, -0.25) is 28.6 Å². The van der Waals surface area contributed by atoms with E-state index in [2.05, 4.69) is 21.3 Å². The smallest absolute Gasteiger partial charge is 0.330 e. The summed E-state index contributed by atoms with van der Waals surface area (Å²) in [6.07, 6.45) is -1.89. The number of carbonyl (C=O) groups is 1. The van der Waals surface area contributed by atoms with E-state index in [0.717, 1.165) is 34.3 Å². The second kappa shape index (κ2) is 21.5. The minimum Gasteiger partial charge on any atom is -0.497 e. The second-order valence-corrected chi connectivity index (χ2v) is 18.5. The van der Waals surface area contributed by atoms with Crippen molar-refractivity contribution >= 4 is 13.4 Å². The largest absolute Gasteiger partial charge is 0.497 e. The molecule has 0 spiro atoms. The predicted octanol–water partition coefficient (Wildman–Crippen LogP) is 5.52. The molecule has 63 heavy (non-hydrogen) atoms. The lowest BCUT2D eigenvalue weighted by atomic mass is 9.80. The van der Waals surface area contributed by atoms with Gasteiger partial charge in [0.25, 0.3) is 19.0 Å². The number of aromatic nitrogens is 2. The van der Waals surface area contributed by atoms with Gasteiger partial charge in [0.15, 0.2) is 0 Å². The number of methoxy groups -OCH3 is 2. The summed E-state index contributed by atoms with van der Waals surface area (Å²) >= 11 is 0. The van der Waals surface area contributed by atoms with Crippen LogP contribution in [0.15, 0.2) is 94.6 Å². The van der Waals surface area contributed by atoms with Crippen LogP contribution in [0.4, 0.5) is 0 Å². The molecule has 2 N–H and O–H groups in total. The second-order valence-electron chi connectivity index (χ2n) is 16.1. The Balaban J connectivity index is 1.41. The first kappa shape index (κ1) is 47.4. The zero-order valence-corrected chi connectivity index (χ0v) is 37.8. The third-order valence-corrected chi connectivity index (χ3v) is 14.4. The molecule has 1 aromatic heterocycles. The quantitative estimate of drug-likeness (QED) is 0.0836. The lowest BCUT2D eigenvalue weighted by molar-refractivity contribution is -0.0922. The first-order chi connectivity index (χ1) is 30.3. The van der Waals surface area contributed by atoms with Crippen molar-refractivity contribution in [3.63, 3.8) is 0 Å².